The van der Waals surface area contributed by atoms with Gasteiger partial charge in [-0.05, 0) is 75.7 Å². The maximum Gasteiger partial charge on any atom is 0.154 e. The van der Waals surface area contributed by atoms with Gasteiger partial charge in [0.15, 0.2) is 5.82 Å². The Hall–Kier alpha value is -0.900. The first-order valence-electron chi connectivity index (χ1n) is 8.36. The van der Waals surface area contributed by atoms with Gasteiger partial charge in [-0.25, -0.2) is 4.98 Å². The van der Waals surface area contributed by atoms with Gasteiger partial charge < -0.3 is 5.73 Å². The fourth-order valence-electron chi connectivity index (χ4n) is 5.38. The second-order valence-corrected chi connectivity index (χ2v) is 7.34. The molecule has 5 rings (SSSR count). The van der Waals surface area contributed by atoms with Crippen molar-refractivity contribution in [3.63, 3.8) is 0 Å². The van der Waals surface area contributed by atoms with Crippen LogP contribution >= 0.6 is 0 Å². The summed E-state index contributed by atoms with van der Waals surface area (Å²) in [5.74, 6) is 6.66. The summed E-state index contributed by atoms with van der Waals surface area (Å²) in [6.45, 7) is 3.73. The van der Waals surface area contributed by atoms with Gasteiger partial charge in [-0.1, -0.05) is 0 Å². The number of nitrogens with zero attached hydrogens (tertiary/aromatic N) is 3. The van der Waals surface area contributed by atoms with Crippen molar-refractivity contribution in [2.75, 3.05) is 6.54 Å². The van der Waals surface area contributed by atoms with Crippen LogP contribution in [0.25, 0.3) is 0 Å². The lowest BCUT2D eigenvalue weighted by Crippen LogP contribution is -2.44. The van der Waals surface area contributed by atoms with Crippen LogP contribution in [-0.4, -0.2) is 21.3 Å². The Labute approximate surface area is 121 Å². The number of nitrogens with two attached hydrogens (primary N) is 1. The second-order valence-electron chi connectivity index (χ2n) is 7.34. The molecule has 1 aromatic rings. The molecule has 110 valence electrons. The van der Waals surface area contributed by atoms with Crippen LogP contribution in [0.3, 0.4) is 0 Å². The van der Waals surface area contributed by atoms with E-state index in [2.05, 4.69) is 11.6 Å². The van der Waals surface area contributed by atoms with Gasteiger partial charge in [0.25, 0.3) is 0 Å². The van der Waals surface area contributed by atoms with Gasteiger partial charge in [0, 0.05) is 12.5 Å². The maximum atomic E-state index is 5.61. The Morgan fingerprint density at radius 1 is 1.10 bits per heavy atom. The van der Waals surface area contributed by atoms with Gasteiger partial charge in [-0.3, -0.25) is 4.68 Å². The van der Waals surface area contributed by atoms with E-state index in [-0.39, 0.29) is 0 Å². The van der Waals surface area contributed by atoms with E-state index >= 15 is 0 Å². The van der Waals surface area contributed by atoms with Gasteiger partial charge in [0.05, 0.1) is 0 Å². The van der Waals surface area contributed by atoms with Gasteiger partial charge in [-0.2, -0.15) is 5.10 Å². The molecule has 0 spiro atoms. The van der Waals surface area contributed by atoms with Crippen LogP contribution in [0.1, 0.15) is 56.1 Å². The lowest BCUT2D eigenvalue weighted by Gasteiger charge is -2.53. The number of aryl methyl sites for hydroxylation is 2. The van der Waals surface area contributed by atoms with Crippen molar-refractivity contribution in [2.45, 2.75) is 57.9 Å². The van der Waals surface area contributed by atoms with E-state index in [4.69, 9.17) is 15.8 Å². The quantitative estimate of drug-likeness (QED) is 0.917. The summed E-state index contributed by atoms with van der Waals surface area (Å²) in [6, 6.07) is 0. The molecule has 0 amide bonds. The topological polar surface area (TPSA) is 56.7 Å². The molecule has 20 heavy (non-hydrogen) atoms. The van der Waals surface area contributed by atoms with Crippen LogP contribution in [-0.2, 0) is 6.54 Å². The first-order valence-corrected chi connectivity index (χ1v) is 8.36. The first-order chi connectivity index (χ1) is 9.74. The Morgan fingerprint density at radius 3 is 2.35 bits per heavy atom. The summed E-state index contributed by atoms with van der Waals surface area (Å²) in [4.78, 5) is 4.82. The van der Waals surface area contributed by atoms with Crippen molar-refractivity contribution in [2.24, 2.45) is 29.4 Å². The van der Waals surface area contributed by atoms with Gasteiger partial charge in [-0.15, -0.1) is 0 Å². The third kappa shape index (κ3) is 2.00. The standard InChI is InChI=1S/C16H26N4/c1-10-18-16(19-20(10)4-2-3-17)15-13-6-11-5-12(8-13)9-14(15)7-11/h11-15H,2-9,17H2,1H3. The zero-order valence-corrected chi connectivity index (χ0v) is 12.5. The molecule has 4 nitrogen and oxygen atoms in total. The fraction of sp³-hybridized carbons (Fsp3) is 0.875. The lowest BCUT2D eigenvalue weighted by molar-refractivity contribution is -0.00569. The Bertz CT molecular complexity index is 465. The van der Waals surface area contributed by atoms with Crippen molar-refractivity contribution in [1.82, 2.24) is 14.8 Å². The summed E-state index contributed by atoms with van der Waals surface area (Å²) >= 11 is 0. The first kappa shape index (κ1) is 12.8. The monoisotopic (exact) mass is 274 g/mol. The second kappa shape index (κ2) is 4.83. The average Bonchev–Trinajstić information content (AvgIpc) is 2.76. The van der Waals surface area contributed by atoms with Crippen LogP contribution < -0.4 is 5.73 Å². The molecule has 0 saturated heterocycles. The molecule has 2 N–H and O–H groups in total. The molecular formula is C16H26N4. The number of aromatic nitrogens is 3. The smallest absolute Gasteiger partial charge is 0.154 e. The zero-order valence-electron chi connectivity index (χ0n) is 12.5. The minimum absolute atomic E-state index is 0.653. The van der Waals surface area contributed by atoms with E-state index in [9.17, 15) is 0 Å². The summed E-state index contributed by atoms with van der Waals surface area (Å²) in [7, 11) is 0. The summed E-state index contributed by atoms with van der Waals surface area (Å²) in [5, 5.41) is 4.84. The molecule has 1 heterocycles. The SMILES string of the molecule is Cc1nc(C2C3CC4CC(C3)CC2C4)nn1CCCN. The zero-order chi connectivity index (χ0) is 13.7. The lowest BCUT2D eigenvalue weighted by atomic mass is 9.52. The van der Waals surface area contributed by atoms with Gasteiger partial charge >= 0.3 is 0 Å². The highest BCUT2D eigenvalue weighted by atomic mass is 15.3. The predicted molar refractivity (Wildman–Crippen MR) is 78.2 cm³/mol. The number of hydrogen-bond donors (Lipinski definition) is 1. The Morgan fingerprint density at radius 2 is 1.75 bits per heavy atom. The molecule has 0 atom stereocenters. The summed E-state index contributed by atoms with van der Waals surface area (Å²) in [5.41, 5.74) is 5.61. The van der Waals surface area contributed by atoms with Crippen LogP contribution in [0.2, 0.25) is 0 Å². The third-order valence-electron chi connectivity index (χ3n) is 5.97. The van der Waals surface area contributed by atoms with Crippen LogP contribution in [0.15, 0.2) is 0 Å². The summed E-state index contributed by atoms with van der Waals surface area (Å²) in [6.07, 6.45) is 8.26. The van der Waals surface area contributed by atoms with Gasteiger partial charge in [0.2, 0.25) is 0 Å². The molecule has 0 aliphatic heterocycles. The fourth-order valence-corrected chi connectivity index (χ4v) is 5.38. The van der Waals surface area contributed by atoms with Crippen molar-refractivity contribution in [3.05, 3.63) is 11.6 Å². The van der Waals surface area contributed by atoms with E-state index < -0.39 is 0 Å². The molecule has 0 unspecified atom stereocenters. The largest absolute Gasteiger partial charge is 0.330 e. The van der Waals surface area contributed by atoms with Crippen molar-refractivity contribution in [3.8, 4) is 0 Å². The molecule has 4 bridgehead atoms. The molecule has 0 radical (unpaired) electrons. The Kier molecular flexibility index (Phi) is 3.09. The molecule has 4 heteroatoms. The molecule has 4 aliphatic carbocycles. The van der Waals surface area contributed by atoms with Crippen LogP contribution in [0.5, 0.6) is 0 Å². The highest BCUT2D eigenvalue weighted by Gasteiger charge is 2.49. The predicted octanol–water partition coefficient (Wildman–Crippen LogP) is 2.48. The van der Waals surface area contributed by atoms with E-state index in [1.807, 2.05) is 0 Å². The van der Waals surface area contributed by atoms with Crippen LogP contribution in [0.4, 0.5) is 0 Å². The highest BCUT2D eigenvalue weighted by molar-refractivity contribution is 5.11. The number of rotatable bonds is 4. The summed E-state index contributed by atoms with van der Waals surface area (Å²) < 4.78 is 2.08. The van der Waals surface area contributed by atoms with Crippen molar-refractivity contribution in [1.29, 1.82) is 0 Å². The van der Waals surface area contributed by atoms with E-state index in [1.54, 1.807) is 0 Å². The molecule has 4 saturated carbocycles. The normalized spacial score (nSPS) is 38.6. The average molecular weight is 274 g/mol. The number of hydrogen-bond acceptors (Lipinski definition) is 3. The maximum absolute atomic E-state index is 5.61. The van der Waals surface area contributed by atoms with E-state index in [0.29, 0.717) is 5.92 Å². The van der Waals surface area contributed by atoms with Gasteiger partial charge in [0.1, 0.15) is 5.82 Å². The van der Waals surface area contributed by atoms with Crippen LogP contribution in [0, 0.1) is 30.6 Å². The van der Waals surface area contributed by atoms with Crippen molar-refractivity contribution < 1.29 is 0 Å². The molecular weight excluding hydrogens is 248 g/mol. The molecule has 4 aliphatic rings. The third-order valence-corrected chi connectivity index (χ3v) is 5.97. The molecule has 1 aromatic heterocycles. The minimum Gasteiger partial charge on any atom is -0.330 e. The van der Waals surface area contributed by atoms with E-state index in [1.165, 1.54) is 32.1 Å². The molecule has 0 aromatic carbocycles. The minimum atomic E-state index is 0.653. The highest BCUT2D eigenvalue weighted by Crippen LogP contribution is 2.59. The molecule has 4 fully saturated rings. The van der Waals surface area contributed by atoms with Crippen molar-refractivity contribution >= 4 is 0 Å². The Balaban J connectivity index is 1.58. The van der Waals surface area contributed by atoms with E-state index in [0.717, 1.165) is 54.8 Å².